The molecule has 0 saturated heterocycles. The van der Waals surface area contributed by atoms with Crippen molar-refractivity contribution < 1.29 is 4.79 Å². The van der Waals surface area contributed by atoms with Crippen LogP contribution < -0.4 is 0 Å². The maximum atomic E-state index is 11.5. The average molecular weight is 208 g/mol. The Kier molecular flexibility index (Phi) is 4.61. The molecule has 0 heterocycles. The predicted molar refractivity (Wildman–Crippen MR) is 59.0 cm³/mol. The topological polar surface area (TPSA) is 44.1 Å². The molecule has 84 valence electrons. The molecular formula is C12H20N2O. The van der Waals surface area contributed by atoms with E-state index in [1.165, 1.54) is 19.3 Å². The highest BCUT2D eigenvalue weighted by Gasteiger charge is 2.25. The maximum Gasteiger partial charge on any atom is 0.236 e. The highest BCUT2D eigenvalue weighted by Crippen LogP contribution is 2.29. The Balaban J connectivity index is 2.39. The summed E-state index contributed by atoms with van der Waals surface area (Å²) in [5, 5.41) is 8.47. The van der Waals surface area contributed by atoms with Crippen molar-refractivity contribution in [2.24, 2.45) is 5.92 Å². The summed E-state index contributed by atoms with van der Waals surface area (Å²) in [6.07, 6.45) is 5.93. The molecule has 0 bridgehead atoms. The first-order valence-electron chi connectivity index (χ1n) is 5.81. The van der Waals surface area contributed by atoms with Crippen LogP contribution in [-0.2, 0) is 4.79 Å². The van der Waals surface area contributed by atoms with Gasteiger partial charge in [-0.2, -0.15) is 5.26 Å². The Hall–Kier alpha value is -1.04. The maximum absolute atomic E-state index is 11.5. The van der Waals surface area contributed by atoms with Gasteiger partial charge >= 0.3 is 0 Å². The molecule has 0 radical (unpaired) electrons. The zero-order valence-electron chi connectivity index (χ0n) is 9.70. The molecule has 0 spiro atoms. The smallest absolute Gasteiger partial charge is 0.236 e. The van der Waals surface area contributed by atoms with Crippen LogP contribution in [0.1, 0.15) is 45.4 Å². The van der Waals surface area contributed by atoms with Gasteiger partial charge in [-0.15, -0.1) is 0 Å². The van der Waals surface area contributed by atoms with Crippen molar-refractivity contribution in [3.8, 4) is 6.07 Å². The highest BCUT2D eigenvalue weighted by atomic mass is 16.2. The number of nitrogens with zero attached hydrogens (tertiary/aromatic N) is 2. The fraction of sp³-hybridized carbons (Fsp3) is 0.833. The third-order valence-electron chi connectivity index (χ3n) is 3.57. The van der Waals surface area contributed by atoms with E-state index in [-0.39, 0.29) is 12.3 Å². The Morgan fingerprint density at radius 2 is 2.00 bits per heavy atom. The van der Waals surface area contributed by atoms with Crippen LogP contribution in [-0.4, -0.2) is 23.9 Å². The number of hydrogen-bond acceptors (Lipinski definition) is 2. The molecule has 1 aliphatic carbocycles. The van der Waals surface area contributed by atoms with Crippen molar-refractivity contribution in [3.05, 3.63) is 0 Å². The summed E-state index contributed by atoms with van der Waals surface area (Å²) in [5.41, 5.74) is 0. The largest absolute Gasteiger partial charge is 0.342 e. The number of nitriles is 1. The van der Waals surface area contributed by atoms with Gasteiger partial charge in [0.25, 0.3) is 0 Å². The Bertz CT molecular complexity index is 249. The molecule has 0 atom stereocenters. The van der Waals surface area contributed by atoms with Gasteiger partial charge in [0.1, 0.15) is 6.42 Å². The fourth-order valence-electron chi connectivity index (χ4n) is 2.34. The molecule has 0 N–H and O–H groups in total. The minimum absolute atomic E-state index is 0.0181. The number of hydrogen-bond donors (Lipinski definition) is 0. The lowest BCUT2D eigenvalue weighted by Gasteiger charge is -2.34. The molecular weight excluding hydrogens is 188 g/mol. The number of amides is 1. The zero-order valence-corrected chi connectivity index (χ0v) is 9.70. The molecule has 0 aromatic carbocycles. The summed E-state index contributed by atoms with van der Waals surface area (Å²) in [4.78, 5) is 13.3. The second-order valence-corrected chi connectivity index (χ2v) is 4.42. The molecule has 3 nitrogen and oxygen atoms in total. The van der Waals surface area contributed by atoms with Gasteiger partial charge < -0.3 is 4.90 Å². The van der Waals surface area contributed by atoms with Gasteiger partial charge in [-0.05, 0) is 31.6 Å². The Morgan fingerprint density at radius 1 is 1.40 bits per heavy atom. The summed E-state index contributed by atoms with van der Waals surface area (Å²) in [5.74, 6) is 0.818. The van der Waals surface area contributed by atoms with Crippen molar-refractivity contribution in [1.82, 2.24) is 4.90 Å². The van der Waals surface area contributed by atoms with E-state index >= 15 is 0 Å². The first kappa shape index (κ1) is 12.0. The summed E-state index contributed by atoms with van der Waals surface area (Å²) in [7, 11) is 1.83. The Labute approximate surface area is 92.1 Å². The number of rotatable bonds is 3. The Morgan fingerprint density at radius 3 is 2.47 bits per heavy atom. The van der Waals surface area contributed by atoms with Crippen LogP contribution in [0.2, 0.25) is 0 Å². The molecule has 1 aliphatic rings. The van der Waals surface area contributed by atoms with Crippen LogP contribution >= 0.6 is 0 Å². The van der Waals surface area contributed by atoms with Crippen molar-refractivity contribution >= 4 is 5.91 Å². The second kappa shape index (κ2) is 5.75. The van der Waals surface area contributed by atoms with E-state index in [9.17, 15) is 4.79 Å². The van der Waals surface area contributed by atoms with Gasteiger partial charge in [-0.3, -0.25) is 4.79 Å². The third kappa shape index (κ3) is 3.23. The molecule has 1 fully saturated rings. The SMILES string of the molecule is CCC1CCC(N(C)C(=O)CC#N)CC1. The van der Waals surface area contributed by atoms with Crippen LogP contribution in [0.3, 0.4) is 0 Å². The monoisotopic (exact) mass is 208 g/mol. The molecule has 0 aromatic heterocycles. The molecule has 0 aliphatic heterocycles. The average Bonchev–Trinajstić information content (AvgIpc) is 2.28. The number of carbonyl (C=O) groups is 1. The van der Waals surface area contributed by atoms with Crippen molar-refractivity contribution in [2.75, 3.05) is 7.05 Å². The van der Waals surface area contributed by atoms with E-state index < -0.39 is 0 Å². The molecule has 1 saturated carbocycles. The standard InChI is InChI=1S/C12H20N2O/c1-3-10-4-6-11(7-5-10)14(2)12(15)8-9-13/h10-11H,3-8H2,1-2H3. The van der Waals surface area contributed by atoms with Crippen LogP contribution in [0, 0.1) is 17.2 Å². The summed E-state index contributed by atoms with van der Waals surface area (Å²) >= 11 is 0. The van der Waals surface area contributed by atoms with E-state index in [4.69, 9.17) is 5.26 Å². The van der Waals surface area contributed by atoms with Gasteiger partial charge in [-0.25, -0.2) is 0 Å². The van der Waals surface area contributed by atoms with Crippen LogP contribution in [0.5, 0.6) is 0 Å². The van der Waals surface area contributed by atoms with E-state index in [0.29, 0.717) is 6.04 Å². The van der Waals surface area contributed by atoms with Crippen LogP contribution in [0.15, 0.2) is 0 Å². The third-order valence-corrected chi connectivity index (χ3v) is 3.57. The lowest BCUT2D eigenvalue weighted by Crippen LogP contribution is -2.39. The van der Waals surface area contributed by atoms with Crippen molar-refractivity contribution in [2.45, 2.75) is 51.5 Å². The first-order valence-corrected chi connectivity index (χ1v) is 5.81. The summed E-state index contributed by atoms with van der Waals surface area (Å²) in [6, 6.07) is 2.29. The normalized spacial score (nSPS) is 25.7. The summed E-state index contributed by atoms with van der Waals surface area (Å²) < 4.78 is 0. The van der Waals surface area contributed by atoms with Crippen molar-refractivity contribution in [3.63, 3.8) is 0 Å². The van der Waals surface area contributed by atoms with Crippen LogP contribution in [0.25, 0.3) is 0 Å². The van der Waals surface area contributed by atoms with Gasteiger partial charge in [0, 0.05) is 13.1 Å². The van der Waals surface area contributed by atoms with Gasteiger partial charge in [0.05, 0.1) is 6.07 Å². The molecule has 1 rings (SSSR count). The van der Waals surface area contributed by atoms with E-state index in [1.54, 1.807) is 4.90 Å². The van der Waals surface area contributed by atoms with Gasteiger partial charge in [-0.1, -0.05) is 13.3 Å². The number of carbonyl (C=O) groups excluding carboxylic acids is 1. The van der Waals surface area contributed by atoms with E-state index in [0.717, 1.165) is 18.8 Å². The first-order chi connectivity index (χ1) is 7.19. The predicted octanol–water partition coefficient (Wildman–Crippen LogP) is 2.33. The lowest BCUT2D eigenvalue weighted by atomic mass is 9.84. The second-order valence-electron chi connectivity index (χ2n) is 4.42. The molecule has 3 heteroatoms. The zero-order chi connectivity index (χ0) is 11.3. The van der Waals surface area contributed by atoms with Gasteiger partial charge in [0.2, 0.25) is 5.91 Å². The molecule has 1 amide bonds. The summed E-state index contributed by atoms with van der Waals surface area (Å²) in [6.45, 7) is 2.23. The highest BCUT2D eigenvalue weighted by molar-refractivity contribution is 5.78. The van der Waals surface area contributed by atoms with Crippen molar-refractivity contribution in [1.29, 1.82) is 5.26 Å². The van der Waals surface area contributed by atoms with E-state index in [1.807, 2.05) is 13.1 Å². The minimum Gasteiger partial charge on any atom is -0.342 e. The quantitative estimate of drug-likeness (QED) is 0.714. The molecule has 15 heavy (non-hydrogen) atoms. The lowest BCUT2D eigenvalue weighted by molar-refractivity contribution is -0.131. The fourth-order valence-corrected chi connectivity index (χ4v) is 2.34. The molecule has 0 unspecified atom stereocenters. The van der Waals surface area contributed by atoms with E-state index in [2.05, 4.69) is 6.92 Å². The van der Waals surface area contributed by atoms with Gasteiger partial charge in [0.15, 0.2) is 0 Å². The molecule has 0 aromatic rings. The van der Waals surface area contributed by atoms with Crippen LogP contribution in [0.4, 0.5) is 0 Å². The minimum atomic E-state index is -0.0301.